The number of nitrogens with one attached hydrogen (secondary N) is 1. The molecule has 1 atom stereocenters. The fraction of sp³-hybridized carbons (Fsp3) is 0.250. The summed E-state index contributed by atoms with van der Waals surface area (Å²) in [4.78, 5) is 6.67. The van der Waals surface area contributed by atoms with Crippen LogP contribution in [0.1, 0.15) is 12.5 Å². The molecule has 2 aliphatic rings. The largest absolute Gasteiger partial charge is 0.330 e. The first kappa shape index (κ1) is 10.9. The number of nitrogens with zero attached hydrogens (tertiary/aromatic N) is 2. The minimum Gasteiger partial charge on any atom is -0.330 e. The molecule has 3 rings (SSSR count). The normalized spacial score (nSPS) is 21.8. The highest BCUT2D eigenvalue weighted by Crippen LogP contribution is 2.38. The van der Waals surface area contributed by atoms with Crippen molar-refractivity contribution < 1.29 is 0 Å². The van der Waals surface area contributed by atoms with E-state index < -0.39 is 0 Å². The van der Waals surface area contributed by atoms with Crippen LogP contribution in [0.25, 0.3) is 0 Å². The molecule has 1 aromatic carbocycles. The summed E-state index contributed by atoms with van der Waals surface area (Å²) in [5, 5.41) is 4.35. The zero-order chi connectivity index (χ0) is 12.2. The first-order chi connectivity index (χ1) is 8.08. The molecule has 3 nitrogen and oxygen atoms in total. The summed E-state index contributed by atoms with van der Waals surface area (Å²) in [6.45, 7) is 6.76. The van der Waals surface area contributed by atoms with E-state index in [-0.39, 0.29) is 6.04 Å². The molecule has 1 fully saturated rings. The maximum absolute atomic E-state index is 6.21. The average Bonchev–Trinajstić information content (AvgIpc) is 2.58. The van der Waals surface area contributed by atoms with E-state index in [1.54, 1.807) is 6.07 Å². The molecule has 0 spiro atoms. The van der Waals surface area contributed by atoms with Crippen LogP contribution in [-0.2, 0) is 6.54 Å². The lowest BCUT2D eigenvalue weighted by atomic mass is 10.1. The SMILES string of the molecule is C=C1NC2=Nc3ccc(Cl)c(Cl)c3CN2C1C. The Hall–Kier alpha value is -1.19. The number of fused-ring (bicyclic) bond motifs is 2. The van der Waals surface area contributed by atoms with Crippen LogP contribution in [0.5, 0.6) is 0 Å². The number of guanidine groups is 1. The number of aliphatic imine (C=N–C) groups is 1. The van der Waals surface area contributed by atoms with Crippen molar-refractivity contribution in [3.8, 4) is 0 Å². The molecule has 5 heteroatoms. The van der Waals surface area contributed by atoms with Gasteiger partial charge < -0.3 is 10.2 Å². The monoisotopic (exact) mass is 267 g/mol. The maximum atomic E-state index is 6.21. The van der Waals surface area contributed by atoms with Gasteiger partial charge in [0.15, 0.2) is 0 Å². The van der Waals surface area contributed by atoms with Crippen LogP contribution in [0.3, 0.4) is 0 Å². The summed E-state index contributed by atoms with van der Waals surface area (Å²) >= 11 is 12.2. The second-order valence-corrected chi connectivity index (χ2v) is 5.03. The minimum atomic E-state index is 0.219. The topological polar surface area (TPSA) is 27.6 Å². The fourth-order valence-electron chi connectivity index (χ4n) is 2.12. The summed E-state index contributed by atoms with van der Waals surface area (Å²) in [5.74, 6) is 0.841. The van der Waals surface area contributed by atoms with Crippen LogP contribution in [0.15, 0.2) is 29.4 Å². The Morgan fingerprint density at radius 3 is 3.00 bits per heavy atom. The van der Waals surface area contributed by atoms with E-state index in [1.165, 1.54) is 0 Å². The number of hydrogen-bond acceptors (Lipinski definition) is 3. The Morgan fingerprint density at radius 2 is 2.24 bits per heavy atom. The van der Waals surface area contributed by atoms with Crippen molar-refractivity contribution in [2.75, 3.05) is 0 Å². The van der Waals surface area contributed by atoms with Gasteiger partial charge in [0.2, 0.25) is 5.96 Å². The summed E-state index contributed by atoms with van der Waals surface area (Å²) < 4.78 is 0. The summed E-state index contributed by atoms with van der Waals surface area (Å²) in [6.07, 6.45) is 0. The van der Waals surface area contributed by atoms with Crippen molar-refractivity contribution in [3.63, 3.8) is 0 Å². The van der Waals surface area contributed by atoms with Gasteiger partial charge in [0.25, 0.3) is 0 Å². The summed E-state index contributed by atoms with van der Waals surface area (Å²) in [6, 6.07) is 3.88. The van der Waals surface area contributed by atoms with Gasteiger partial charge in [0, 0.05) is 11.3 Å². The Balaban J connectivity index is 2.12. The molecule has 1 saturated heterocycles. The van der Waals surface area contributed by atoms with Gasteiger partial charge in [-0.05, 0) is 19.1 Å². The zero-order valence-electron chi connectivity index (χ0n) is 9.30. The second kappa shape index (κ2) is 3.65. The van der Waals surface area contributed by atoms with Gasteiger partial charge in [-0.15, -0.1) is 0 Å². The van der Waals surface area contributed by atoms with Crippen molar-refractivity contribution in [3.05, 3.63) is 40.0 Å². The second-order valence-electron chi connectivity index (χ2n) is 4.25. The highest BCUT2D eigenvalue weighted by Gasteiger charge is 2.33. The number of halogens is 2. The van der Waals surface area contributed by atoms with Crippen LogP contribution in [-0.4, -0.2) is 16.9 Å². The van der Waals surface area contributed by atoms with Crippen molar-refractivity contribution >= 4 is 34.8 Å². The molecular formula is C12H11Cl2N3. The highest BCUT2D eigenvalue weighted by atomic mass is 35.5. The van der Waals surface area contributed by atoms with E-state index >= 15 is 0 Å². The average molecular weight is 268 g/mol. The van der Waals surface area contributed by atoms with Crippen molar-refractivity contribution in [2.24, 2.45) is 4.99 Å². The van der Waals surface area contributed by atoms with Crippen molar-refractivity contribution in [2.45, 2.75) is 19.5 Å². The highest BCUT2D eigenvalue weighted by molar-refractivity contribution is 6.42. The number of rotatable bonds is 0. The number of benzene rings is 1. The molecule has 88 valence electrons. The third-order valence-corrected chi connectivity index (χ3v) is 4.09. The standard InChI is InChI=1S/C12H11Cl2N3/c1-6-7(2)17-5-8-10(16-12(17)15-6)4-3-9(13)11(8)14/h3-4,7H,1,5H2,2H3,(H,15,16). The minimum absolute atomic E-state index is 0.219. The molecule has 2 heterocycles. The molecule has 17 heavy (non-hydrogen) atoms. The molecule has 0 aromatic heterocycles. The Kier molecular flexibility index (Phi) is 2.35. The molecule has 1 N–H and O–H groups in total. The zero-order valence-corrected chi connectivity index (χ0v) is 10.8. The van der Waals surface area contributed by atoms with E-state index in [2.05, 4.69) is 28.7 Å². The van der Waals surface area contributed by atoms with Crippen LogP contribution >= 0.6 is 23.2 Å². The van der Waals surface area contributed by atoms with Gasteiger partial charge in [-0.2, -0.15) is 0 Å². The van der Waals surface area contributed by atoms with Gasteiger partial charge >= 0.3 is 0 Å². The van der Waals surface area contributed by atoms with Gasteiger partial charge in [0.05, 0.1) is 28.3 Å². The lowest BCUT2D eigenvalue weighted by molar-refractivity contribution is 0.378. The van der Waals surface area contributed by atoms with Crippen molar-refractivity contribution in [1.29, 1.82) is 0 Å². The lowest BCUT2D eigenvalue weighted by Gasteiger charge is -2.27. The first-order valence-electron chi connectivity index (χ1n) is 5.36. The molecule has 1 aromatic rings. The molecular weight excluding hydrogens is 257 g/mol. The van der Waals surface area contributed by atoms with E-state index in [9.17, 15) is 0 Å². The van der Waals surface area contributed by atoms with E-state index in [4.69, 9.17) is 23.2 Å². The smallest absolute Gasteiger partial charge is 0.204 e. The van der Waals surface area contributed by atoms with Crippen molar-refractivity contribution in [1.82, 2.24) is 10.2 Å². The quantitative estimate of drug-likeness (QED) is 0.781. The molecule has 0 amide bonds. The molecule has 1 unspecified atom stereocenters. The van der Waals surface area contributed by atoms with Gasteiger partial charge in [-0.3, -0.25) is 0 Å². The number of hydrogen-bond donors (Lipinski definition) is 1. The third kappa shape index (κ3) is 1.53. The van der Waals surface area contributed by atoms with E-state index in [0.717, 1.165) is 22.9 Å². The van der Waals surface area contributed by atoms with Crippen LogP contribution < -0.4 is 5.32 Å². The fourth-order valence-corrected chi connectivity index (χ4v) is 2.51. The summed E-state index contributed by atoms with van der Waals surface area (Å²) in [7, 11) is 0. The third-order valence-electron chi connectivity index (χ3n) is 3.24. The van der Waals surface area contributed by atoms with Crippen LogP contribution in [0, 0.1) is 0 Å². The summed E-state index contributed by atoms with van der Waals surface area (Å²) in [5.41, 5.74) is 2.81. The predicted octanol–water partition coefficient (Wildman–Crippen LogP) is 3.30. The van der Waals surface area contributed by atoms with Gasteiger partial charge in [-0.1, -0.05) is 29.8 Å². The molecule has 0 radical (unpaired) electrons. The van der Waals surface area contributed by atoms with Crippen LogP contribution in [0.2, 0.25) is 10.0 Å². The maximum Gasteiger partial charge on any atom is 0.204 e. The molecule has 0 aliphatic carbocycles. The van der Waals surface area contributed by atoms with E-state index in [1.807, 2.05) is 6.07 Å². The van der Waals surface area contributed by atoms with E-state index in [0.29, 0.717) is 16.6 Å². The molecule has 0 saturated carbocycles. The Bertz CT molecular complexity index is 551. The van der Waals surface area contributed by atoms with Gasteiger partial charge in [0.1, 0.15) is 0 Å². The molecule has 0 bridgehead atoms. The Labute approximate surface area is 110 Å². The van der Waals surface area contributed by atoms with Gasteiger partial charge in [-0.25, -0.2) is 4.99 Å². The first-order valence-corrected chi connectivity index (χ1v) is 6.11. The lowest BCUT2D eigenvalue weighted by Crippen LogP contribution is -2.35. The predicted molar refractivity (Wildman–Crippen MR) is 70.8 cm³/mol. The van der Waals surface area contributed by atoms with Crippen LogP contribution in [0.4, 0.5) is 5.69 Å². The molecule has 2 aliphatic heterocycles. The Morgan fingerprint density at radius 1 is 1.47 bits per heavy atom.